The number of hydrogen-bond acceptors (Lipinski definition) is 3. The van der Waals surface area contributed by atoms with Crippen LogP contribution in [0.15, 0.2) is 47.5 Å². The summed E-state index contributed by atoms with van der Waals surface area (Å²) in [6.45, 7) is 2.41. The zero-order valence-electron chi connectivity index (χ0n) is 11.6. The number of aryl methyl sites for hydroxylation is 1. The minimum Gasteiger partial charge on any atom is -0.369 e. The number of halogens is 2. The highest BCUT2D eigenvalue weighted by molar-refractivity contribution is 5.97. The molecule has 0 radical (unpaired) electrons. The van der Waals surface area contributed by atoms with Gasteiger partial charge in [-0.25, -0.2) is 8.78 Å². The zero-order chi connectivity index (χ0) is 15.0. The van der Waals surface area contributed by atoms with Gasteiger partial charge in [0.15, 0.2) is 17.6 Å². The standard InChI is InChI=1S/C16H15F2N3/c1-10-3-2-4-12(7-10)21-15(9-20-16(21)19)11-5-6-13(17)14(18)8-11/h2-8,15H,9H2,1H3,(H2,19,20). The van der Waals surface area contributed by atoms with Crippen molar-refractivity contribution < 1.29 is 8.78 Å². The Morgan fingerprint density at radius 1 is 1.14 bits per heavy atom. The van der Waals surface area contributed by atoms with Gasteiger partial charge in [-0.3, -0.25) is 4.99 Å². The quantitative estimate of drug-likeness (QED) is 0.922. The van der Waals surface area contributed by atoms with Crippen LogP contribution in [-0.2, 0) is 0 Å². The summed E-state index contributed by atoms with van der Waals surface area (Å²) in [5.41, 5.74) is 8.60. The molecule has 108 valence electrons. The first-order valence-electron chi connectivity index (χ1n) is 6.67. The lowest BCUT2D eigenvalue weighted by molar-refractivity contribution is 0.505. The summed E-state index contributed by atoms with van der Waals surface area (Å²) in [6, 6.07) is 11.5. The van der Waals surface area contributed by atoms with Crippen molar-refractivity contribution in [1.82, 2.24) is 0 Å². The van der Waals surface area contributed by atoms with E-state index >= 15 is 0 Å². The molecule has 1 unspecified atom stereocenters. The zero-order valence-corrected chi connectivity index (χ0v) is 11.6. The molecule has 0 spiro atoms. The van der Waals surface area contributed by atoms with Gasteiger partial charge >= 0.3 is 0 Å². The monoisotopic (exact) mass is 287 g/mol. The molecule has 2 aromatic rings. The SMILES string of the molecule is Cc1cccc(N2C(N)=NCC2c2ccc(F)c(F)c2)c1. The van der Waals surface area contributed by atoms with Crippen LogP contribution in [-0.4, -0.2) is 12.5 Å². The van der Waals surface area contributed by atoms with Crippen molar-refractivity contribution in [3.05, 3.63) is 65.2 Å². The normalized spacial score (nSPS) is 18.0. The summed E-state index contributed by atoms with van der Waals surface area (Å²) in [5, 5.41) is 0. The molecule has 1 aliphatic rings. The number of benzene rings is 2. The Bertz CT molecular complexity index is 712. The average molecular weight is 287 g/mol. The van der Waals surface area contributed by atoms with Gasteiger partial charge in [-0.15, -0.1) is 0 Å². The highest BCUT2D eigenvalue weighted by Gasteiger charge is 2.29. The number of nitrogens with zero attached hydrogens (tertiary/aromatic N) is 2. The maximum Gasteiger partial charge on any atom is 0.196 e. The molecule has 1 atom stereocenters. The molecule has 0 bridgehead atoms. The van der Waals surface area contributed by atoms with E-state index in [9.17, 15) is 8.78 Å². The highest BCUT2D eigenvalue weighted by atomic mass is 19.2. The van der Waals surface area contributed by atoms with Crippen LogP contribution in [0, 0.1) is 18.6 Å². The van der Waals surface area contributed by atoms with Crippen molar-refractivity contribution in [2.75, 3.05) is 11.4 Å². The number of anilines is 1. The molecule has 0 fully saturated rings. The first-order valence-corrected chi connectivity index (χ1v) is 6.67. The second kappa shape index (κ2) is 5.16. The summed E-state index contributed by atoms with van der Waals surface area (Å²) >= 11 is 0. The molecule has 1 aliphatic heterocycles. The Balaban J connectivity index is 2.00. The molecule has 0 saturated carbocycles. The van der Waals surface area contributed by atoms with Gasteiger partial charge in [0.2, 0.25) is 0 Å². The Morgan fingerprint density at radius 3 is 2.67 bits per heavy atom. The summed E-state index contributed by atoms with van der Waals surface area (Å²) in [6.07, 6.45) is 0. The van der Waals surface area contributed by atoms with E-state index in [1.807, 2.05) is 36.1 Å². The third kappa shape index (κ3) is 2.46. The highest BCUT2D eigenvalue weighted by Crippen LogP contribution is 2.32. The molecular formula is C16H15F2N3. The molecule has 5 heteroatoms. The summed E-state index contributed by atoms with van der Waals surface area (Å²) in [4.78, 5) is 6.08. The summed E-state index contributed by atoms with van der Waals surface area (Å²) < 4.78 is 26.6. The molecule has 3 rings (SSSR count). The maximum atomic E-state index is 13.5. The molecule has 3 nitrogen and oxygen atoms in total. The minimum absolute atomic E-state index is 0.220. The van der Waals surface area contributed by atoms with Gasteiger partial charge < -0.3 is 10.6 Å². The van der Waals surface area contributed by atoms with Crippen LogP contribution in [0.2, 0.25) is 0 Å². The van der Waals surface area contributed by atoms with Crippen molar-refractivity contribution in [3.63, 3.8) is 0 Å². The van der Waals surface area contributed by atoms with E-state index in [1.54, 1.807) is 6.07 Å². The Labute approximate surface area is 121 Å². The fraction of sp³-hybridized carbons (Fsp3) is 0.188. The Morgan fingerprint density at radius 2 is 1.95 bits per heavy atom. The molecular weight excluding hydrogens is 272 g/mol. The van der Waals surface area contributed by atoms with Gasteiger partial charge in [0.1, 0.15) is 0 Å². The maximum absolute atomic E-state index is 13.5. The molecule has 1 heterocycles. The van der Waals surface area contributed by atoms with Crippen molar-refractivity contribution in [1.29, 1.82) is 0 Å². The van der Waals surface area contributed by atoms with E-state index in [0.29, 0.717) is 18.1 Å². The van der Waals surface area contributed by atoms with E-state index in [2.05, 4.69) is 4.99 Å². The van der Waals surface area contributed by atoms with E-state index in [-0.39, 0.29) is 6.04 Å². The lowest BCUT2D eigenvalue weighted by atomic mass is 10.0. The van der Waals surface area contributed by atoms with Crippen molar-refractivity contribution in [3.8, 4) is 0 Å². The number of guanidine groups is 1. The van der Waals surface area contributed by atoms with Crippen LogP contribution in [0.4, 0.5) is 14.5 Å². The fourth-order valence-corrected chi connectivity index (χ4v) is 2.56. The van der Waals surface area contributed by atoms with Gasteiger partial charge in [0.25, 0.3) is 0 Å². The van der Waals surface area contributed by atoms with Crippen LogP contribution in [0.3, 0.4) is 0 Å². The molecule has 0 aliphatic carbocycles. The van der Waals surface area contributed by atoms with Gasteiger partial charge in [0.05, 0.1) is 12.6 Å². The number of aliphatic imine (C=N–C) groups is 1. The van der Waals surface area contributed by atoms with E-state index < -0.39 is 11.6 Å². The van der Waals surface area contributed by atoms with E-state index in [4.69, 9.17) is 5.73 Å². The second-order valence-corrected chi connectivity index (χ2v) is 5.10. The first kappa shape index (κ1) is 13.5. The molecule has 0 amide bonds. The largest absolute Gasteiger partial charge is 0.369 e. The molecule has 2 N–H and O–H groups in total. The van der Waals surface area contributed by atoms with Crippen LogP contribution < -0.4 is 10.6 Å². The molecule has 0 saturated heterocycles. The average Bonchev–Trinajstić information content (AvgIpc) is 2.84. The molecule has 0 aromatic heterocycles. The van der Waals surface area contributed by atoms with Gasteiger partial charge in [-0.2, -0.15) is 0 Å². The minimum atomic E-state index is -0.859. The predicted octanol–water partition coefficient (Wildman–Crippen LogP) is 3.15. The summed E-state index contributed by atoms with van der Waals surface area (Å²) in [7, 11) is 0. The summed E-state index contributed by atoms with van der Waals surface area (Å²) in [5.74, 6) is -1.33. The van der Waals surface area contributed by atoms with Crippen LogP contribution in [0.25, 0.3) is 0 Å². The van der Waals surface area contributed by atoms with Crippen molar-refractivity contribution in [2.45, 2.75) is 13.0 Å². The van der Waals surface area contributed by atoms with Crippen LogP contribution in [0.5, 0.6) is 0 Å². The topological polar surface area (TPSA) is 41.6 Å². The second-order valence-electron chi connectivity index (χ2n) is 5.10. The third-order valence-electron chi connectivity index (χ3n) is 3.59. The lowest BCUT2D eigenvalue weighted by Gasteiger charge is -2.27. The van der Waals surface area contributed by atoms with E-state index in [0.717, 1.165) is 17.3 Å². The smallest absolute Gasteiger partial charge is 0.196 e. The van der Waals surface area contributed by atoms with Gasteiger partial charge in [-0.1, -0.05) is 18.2 Å². The van der Waals surface area contributed by atoms with Crippen molar-refractivity contribution in [2.24, 2.45) is 10.7 Å². The fourth-order valence-electron chi connectivity index (χ4n) is 2.56. The van der Waals surface area contributed by atoms with Gasteiger partial charge in [-0.05, 0) is 42.3 Å². The number of nitrogens with two attached hydrogens (primary N) is 1. The predicted molar refractivity (Wildman–Crippen MR) is 79.2 cm³/mol. The number of hydrogen-bond donors (Lipinski definition) is 1. The van der Waals surface area contributed by atoms with Gasteiger partial charge in [0, 0.05) is 5.69 Å². The van der Waals surface area contributed by atoms with E-state index in [1.165, 1.54) is 6.07 Å². The first-order chi connectivity index (χ1) is 10.1. The molecule has 2 aromatic carbocycles. The Hall–Kier alpha value is -2.43. The Kier molecular flexibility index (Phi) is 3.33. The molecule has 21 heavy (non-hydrogen) atoms. The van der Waals surface area contributed by atoms with Crippen molar-refractivity contribution >= 4 is 11.6 Å². The van der Waals surface area contributed by atoms with Crippen LogP contribution in [0.1, 0.15) is 17.2 Å². The lowest BCUT2D eigenvalue weighted by Crippen LogP contribution is -2.36. The number of rotatable bonds is 2. The van der Waals surface area contributed by atoms with Crippen LogP contribution >= 0.6 is 0 Å². The third-order valence-corrected chi connectivity index (χ3v) is 3.59.